The lowest BCUT2D eigenvalue weighted by atomic mass is 10.1. The van der Waals surface area contributed by atoms with Gasteiger partial charge in [-0.05, 0) is 13.0 Å². The smallest absolute Gasteiger partial charge is 0.252 e. The molecule has 5 nitrogen and oxygen atoms in total. The van der Waals surface area contributed by atoms with Gasteiger partial charge in [0.2, 0.25) is 13.3 Å². The molecule has 0 radical (unpaired) electrons. The molecule has 1 aromatic heterocycles. The summed E-state index contributed by atoms with van der Waals surface area (Å²) in [4.78, 5) is 12.2. The van der Waals surface area contributed by atoms with Gasteiger partial charge in [-0.2, -0.15) is 0 Å². The molecule has 2 aromatic rings. The molecular formula is C21H18Cl6N5+. The fraction of sp³-hybridized carbons (Fsp3) is 0.238. The van der Waals surface area contributed by atoms with E-state index in [4.69, 9.17) is 69.6 Å². The van der Waals surface area contributed by atoms with E-state index >= 15 is 0 Å². The molecule has 1 N–H and O–H groups in total. The number of benzene rings is 1. The van der Waals surface area contributed by atoms with Crippen LogP contribution in [0.3, 0.4) is 0 Å². The molecule has 168 valence electrons. The van der Waals surface area contributed by atoms with Crippen LogP contribution in [0.4, 0.5) is 0 Å². The van der Waals surface area contributed by atoms with Crippen molar-refractivity contribution < 1.29 is 4.58 Å². The summed E-state index contributed by atoms with van der Waals surface area (Å²) in [7, 11) is 2.02. The highest BCUT2D eigenvalue weighted by molar-refractivity contribution is 6.67. The van der Waals surface area contributed by atoms with Crippen LogP contribution in [0.15, 0.2) is 60.3 Å². The molecule has 3 rings (SSSR count). The average molecular weight is 553 g/mol. The maximum Gasteiger partial charge on any atom is 0.252 e. The van der Waals surface area contributed by atoms with Crippen LogP contribution in [0.1, 0.15) is 36.1 Å². The first kappa shape index (κ1) is 25.3. The fourth-order valence-electron chi connectivity index (χ4n) is 2.95. The molecule has 0 spiro atoms. The molecule has 1 aromatic carbocycles. The Labute approximate surface area is 216 Å². The topological polar surface area (TPSA) is 53.7 Å². The minimum absolute atomic E-state index is 0.0204. The summed E-state index contributed by atoms with van der Waals surface area (Å²) in [5.74, 6) is -0.0943. The van der Waals surface area contributed by atoms with Gasteiger partial charge >= 0.3 is 0 Å². The minimum Gasteiger partial charge on any atom is -0.328 e. The minimum atomic E-state index is -1.89. The zero-order chi connectivity index (χ0) is 23.5. The van der Waals surface area contributed by atoms with Gasteiger partial charge in [0.1, 0.15) is 7.05 Å². The number of nitrogens with zero attached hydrogens (tertiary/aromatic N) is 4. The molecule has 32 heavy (non-hydrogen) atoms. The number of alkyl halides is 6. The normalized spacial score (nSPS) is 17.8. The van der Waals surface area contributed by atoms with Crippen molar-refractivity contribution >= 4 is 81.4 Å². The highest BCUT2D eigenvalue weighted by Crippen LogP contribution is 2.39. The van der Waals surface area contributed by atoms with Gasteiger partial charge in [0.15, 0.2) is 17.5 Å². The number of allylic oxidation sites excluding steroid dienone is 5. The zero-order valence-electron chi connectivity index (χ0n) is 16.9. The Bertz CT molecular complexity index is 1070. The number of hydrogen-bond acceptors (Lipinski definition) is 4. The van der Waals surface area contributed by atoms with E-state index in [1.54, 1.807) is 12.2 Å². The lowest BCUT2D eigenvalue weighted by Crippen LogP contribution is -2.35. The predicted octanol–water partition coefficient (Wildman–Crippen LogP) is 6.38. The standard InChI is InChI=1S/C21H17Cl6N5/c1-13-12-15(32(2)17(28-13)14-8-4-3-5-9-14)10-6-7-11-16-29-18(20(22,23)24)31-19(30-16)21(25,26)27/h3-12,17H,1-2H3/p+1. The van der Waals surface area contributed by atoms with Crippen molar-refractivity contribution in [2.45, 2.75) is 20.7 Å². The monoisotopic (exact) mass is 550 g/mol. The molecule has 1 aliphatic heterocycles. The Balaban J connectivity index is 1.87. The maximum absolute atomic E-state index is 5.90. The molecule has 0 amide bonds. The fourth-order valence-corrected chi connectivity index (χ4v) is 3.46. The Hall–Kier alpha value is -1.34. The molecule has 1 aliphatic rings. The van der Waals surface area contributed by atoms with Crippen molar-refractivity contribution in [2.75, 3.05) is 7.05 Å². The van der Waals surface area contributed by atoms with Gasteiger partial charge in [-0.15, -0.1) is 0 Å². The lowest BCUT2D eigenvalue weighted by Gasteiger charge is -2.21. The van der Waals surface area contributed by atoms with Crippen molar-refractivity contribution in [2.24, 2.45) is 0 Å². The number of aromatic nitrogens is 3. The Morgan fingerprint density at radius 1 is 0.875 bits per heavy atom. The summed E-state index contributed by atoms with van der Waals surface area (Å²) in [6.45, 7) is 2.02. The lowest BCUT2D eigenvalue weighted by molar-refractivity contribution is -0.550. The van der Waals surface area contributed by atoms with E-state index in [1.165, 1.54) is 0 Å². The third kappa shape index (κ3) is 6.60. The van der Waals surface area contributed by atoms with Crippen LogP contribution in [-0.4, -0.2) is 32.3 Å². The SMILES string of the molecule is CC1=CC(C=CC=Cc2nc(C(Cl)(Cl)Cl)nc(C(Cl)(Cl)Cl)n2)=[N+](C)C(c2ccccc2)N1. The second kappa shape index (κ2) is 10.3. The van der Waals surface area contributed by atoms with E-state index in [-0.39, 0.29) is 23.6 Å². The first-order chi connectivity index (χ1) is 14.9. The average Bonchev–Trinajstić information content (AvgIpc) is 2.72. The molecule has 0 fully saturated rings. The van der Waals surface area contributed by atoms with Crippen molar-refractivity contribution in [3.8, 4) is 0 Å². The molecule has 1 unspecified atom stereocenters. The first-order valence-corrected chi connectivity index (χ1v) is 11.6. The summed E-state index contributed by atoms with van der Waals surface area (Å²) in [5, 5.41) is 3.48. The number of rotatable bonds is 4. The third-order valence-electron chi connectivity index (χ3n) is 4.42. The number of nitrogens with one attached hydrogen (secondary N) is 1. The zero-order valence-corrected chi connectivity index (χ0v) is 21.4. The Kier molecular flexibility index (Phi) is 8.13. The van der Waals surface area contributed by atoms with Crippen molar-refractivity contribution in [3.05, 3.63) is 83.4 Å². The van der Waals surface area contributed by atoms with Gasteiger partial charge in [0.25, 0.3) is 6.17 Å². The van der Waals surface area contributed by atoms with Crippen molar-refractivity contribution in [3.63, 3.8) is 0 Å². The Morgan fingerprint density at radius 3 is 2.00 bits per heavy atom. The summed E-state index contributed by atoms with van der Waals surface area (Å²) >= 11 is 35.4. The molecule has 11 heteroatoms. The van der Waals surface area contributed by atoms with Crippen LogP contribution in [0.5, 0.6) is 0 Å². The van der Waals surface area contributed by atoms with Crippen LogP contribution >= 0.6 is 69.6 Å². The van der Waals surface area contributed by atoms with Crippen LogP contribution in [0, 0.1) is 0 Å². The highest BCUT2D eigenvalue weighted by Gasteiger charge is 2.33. The molecule has 0 saturated carbocycles. The summed E-state index contributed by atoms with van der Waals surface area (Å²) in [6.07, 6.45) is 9.22. The van der Waals surface area contributed by atoms with Gasteiger partial charge in [-0.25, -0.2) is 19.5 Å². The second-order valence-electron chi connectivity index (χ2n) is 6.88. The summed E-state index contributed by atoms with van der Waals surface area (Å²) < 4.78 is -1.65. The van der Waals surface area contributed by atoms with E-state index in [0.717, 1.165) is 17.0 Å². The summed E-state index contributed by atoms with van der Waals surface area (Å²) in [5.41, 5.74) is 3.23. The maximum atomic E-state index is 5.90. The molecule has 0 aliphatic carbocycles. The molecule has 0 bridgehead atoms. The van der Waals surface area contributed by atoms with Gasteiger partial charge in [-0.1, -0.05) is 112 Å². The van der Waals surface area contributed by atoms with E-state index in [1.807, 2.05) is 44.3 Å². The largest absolute Gasteiger partial charge is 0.328 e. The van der Waals surface area contributed by atoms with Gasteiger partial charge in [0.05, 0.1) is 0 Å². The van der Waals surface area contributed by atoms with Gasteiger partial charge < -0.3 is 5.32 Å². The number of hydrogen-bond donors (Lipinski definition) is 1. The van der Waals surface area contributed by atoms with Crippen LogP contribution < -0.4 is 5.32 Å². The quantitative estimate of drug-likeness (QED) is 0.271. The van der Waals surface area contributed by atoms with E-state index in [0.29, 0.717) is 0 Å². The van der Waals surface area contributed by atoms with Crippen molar-refractivity contribution in [1.82, 2.24) is 20.3 Å². The molecule has 1 atom stereocenters. The van der Waals surface area contributed by atoms with E-state index < -0.39 is 7.59 Å². The van der Waals surface area contributed by atoms with E-state index in [2.05, 4.69) is 43.1 Å². The van der Waals surface area contributed by atoms with E-state index in [9.17, 15) is 0 Å². The summed E-state index contributed by atoms with van der Waals surface area (Å²) in [6, 6.07) is 10.2. The van der Waals surface area contributed by atoms with Crippen molar-refractivity contribution in [1.29, 1.82) is 0 Å². The van der Waals surface area contributed by atoms with Crippen LogP contribution in [0.25, 0.3) is 6.08 Å². The molecule has 0 saturated heterocycles. The molecule has 2 heterocycles. The number of halogens is 6. The van der Waals surface area contributed by atoms with Crippen LogP contribution in [0.2, 0.25) is 0 Å². The van der Waals surface area contributed by atoms with Gasteiger partial charge in [-0.3, -0.25) is 0 Å². The predicted molar refractivity (Wildman–Crippen MR) is 134 cm³/mol. The third-order valence-corrected chi connectivity index (χ3v) is 5.44. The highest BCUT2D eigenvalue weighted by atomic mass is 35.6. The van der Waals surface area contributed by atoms with Gasteiger partial charge in [0, 0.05) is 23.4 Å². The van der Waals surface area contributed by atoms with Crippen LogP contribution in [-0.2, 0) is 7.59 Å². The second-order valence-corrected chi connectivity index (χ2v) is 11.4. The Morgan fingerprint density at radius 2 is 1.44 bits per heavy atom. The molecular weight excluding hydrogens is 535 g/mol. The first-order valence-electron chi connectivity index (χ1n) is 9.30.